The summed E-state index contributed by atoms with van der Waals surface area (Å²) < 4.78 is 0. The maximum Gasteiger partial charge on any atom is 0.312 e. The lowest BCUT2D eigenvalue weighted by molar-refractivity contribution is -0.134. The van der Waals surface area contributed by atoms with Gasteiger partial charge in [-0.1, -0.05) is 37.3 Å². The average Bonchev–Trinajstić information content (AvgIpc) is 3.19. The van der Waals surface area contributed by atoms with E-state index in [4.69, 9.17) is 5.73 Å². The van der Waals surface area contributed by atoms with Crippen molar-refractivity contribution < 1.29 is 9.59 Å². The molecule has 0 saturated carbocycles. The summed E-state index contributed by atoms with van der Waals surface area (Å²) in [6.07, 6.45) is 4.03. The van der Waals surface area contributed by atoms with Gasteiger partial charge < -0.3 is 16.0 Å². The van der Waals surface area contributed by atoms with E-state index in [0.29, 0.717) is 0 Å². The van der Waals surface area contributed by atoms with Crippen molar-refractivity contribution in [2.24, 2.45) is 5.73 Å². The van der Waals surface area contributed by atoms with Crippen LogP contribution in [0.25, 0.3) is 0 Å². The lowest BCUT2D eigenvalue weighted by Gasteiger charge is -2.36. The molecule has 0 radical (unpaired) electrons. The summed E-state index contributed by atoms with van der Waals surface area (Å²) in [5.41, 5.74) is 8.07. The van der Waals surface area contributed by atoms with E-state index >= 15 is 0 Å². The molecule has 0 bridgehead atoms. The van der Waals surface area contributed by atoms with Crippen molar-refractivity contribution in [3.63, 3.8) is 0 Å². The molecular formula is C21H27N3O2S. The molecule has 5 nitrogen and oxygen atoms in total. The summed E-state index contributed by atoms with van der Waals surface area (Å²) >= 11 is 1.53. The van der Waals surface area contributed by atoms with Gasteiger partial charge in [0.25, 0.3) is 0 Å². The van der Waals surface area contributed by atoms with Crippen molar-refractivity contribution in [1.29, 1.82) is 0 Å². The minimum absolute atomic E-state index is 0.0772. The molecule has 2 aromatic rings. The third kappa shape index (κ3) is 4.89. The van der Waals surface area contributed by atoms with Crippen molar-refractivity contribution in [1.82, 2.24) is 10.2 Å². The van der Waals surface area contributed by atoms with Crippen LogP contribution in [-0.2, 0) is 17.6 Å². The second-order valence-corrected chi connectivity index (χ2v) is 8.01. The number of amides is 3. The molecule has 6 heteroatoms. The minimum Gasteiger partial charge on any atom is -0.352 e. The first kappa shape index (κ1) is 19.4. The Kier molecular flexibility index (Phi) is 6.50. The highest BCUT2D eigenvalue weighted by molar-refractivity contribution is 7.10. The van der Waals surface area contributed by atoms with Gasteiger partial charge in [-0.3, -0.25) is 4.79 Å². The fraction of sp³-hybridized carbons (Fsp3) is 0.429. The summed E-state index contributed by atoms with van der Waals surface area (Å²) in [4.78, 5) is 27.5. The van der Waals surface area contributed by atoms with Gasteiger partial charge in [-0.15, -0.1) is 11.3 Å². The summed E-state index contributed by atoms with van der Waals surface area (Å²) in [5, 5.41) is 4.67. The van der Waals surface area contributed by atoms with E-state index in [-0.39, 0.29) is 24.4 Å². The molecule has 0 aliphatic heterocycles. The first-order chi connectivity index (χ1) is 13.1. The van der Waals surface area contributed by atoms with Crippen LogP contribution in [0.15, 0.2) is 41.8 Å². The van der Waals surface area contributed by atoms with Crippen LogP contribution < -0.4 is 11.1 Å². The molecule has 1 aliphatic carbocycles. The Morgan fingerprint density at radius 1 is 1.26 bits per heavy atom. The Balaban J connectivity index is 1.74. The quantitative estimate of drug-likeness (QED) is 0.763. The van der Waals surface area contributed by atoms with E-state index in [9.17, 15) is 9.59 Å². The second-order valence-electron chi connectivity index (χ2n) is 7.03. The number of hydrogen-bond acceptors (Lipinski definition) is 3. The predicted octanol–water partition coefficient (Wildman–Crippen LogP) is 3.64. The van der Waals surface area contributed by atoms with Crippen molar-refractivity contribution in [2.75, 3.05) is 6.54 Å². The van der Waals surface area contributed by atoms with Gasteiger partial charge in [0, 0.05) is 17.5 Å². The maximum absolute atomic E-state index is 13.2. The number of fused-ring (bicyclic) bond motifs is 1. The van der Waals surface area contributed by atoms with Gasteiger partial charge in [0.1, 0.15) is 0 Å². The molecule has 144 valence electrons. The fourth-order valence-corrected chi connectivity index (χ4v) is 4.65. The van der Waals surface area contributed by atoms with Crippen molar-refractivity contribution in [3.8, 4) is 0 Å². The lowest BCUT2D eigenvalue weighted by Crippen LogP contribution is -2.45. The van der Waals surface area contributed by atoms with Gasteiger partial charge in [0.15, 0.2) is 0 Å². The average molecular weight is 386 g/mol. The monoisotopic (exact) mass is 385 g/mol. The number of urea groups is 1. The molecular weight excluding hydrogens is 358 g/mol. The van der Waals surface area contributed by atoms with Crippen LogP contribution in [0, 0.1) is 0 Å². The summed E-state index contributed by atoms with van der Waals surface area (Å²) in [6, 6.07) is 11.6. The predicted molar refractivity (Wildman–Crippen MR) is 109 cm³/mol. The molecule has 3 rings (SSSR count). The highest BCUT2D eigenvalue weighted by atomic mass is 32.1. The molecule has 27 heavy (non-hydrogen) atoms. The number of benzene rings is 1. The fourth-order valence-electron chi connectivity index (χ4n) is 3.87. The highest BCUT2D eigenvalue weighted by Crippen LogP contribution is 2.27. The smallest absolute Gasteiger partial charge is 0.312 e. The van der Waals surface area contributed by atoms with Gasteiger partial charge in [-0.2, -0.15) is 0 Å². The Labute approximate surface area is 164 Å². The molecule has 2 atom stereocenters. The lowest BCUT2D eigenvalue weighted by atomic mass is 9.87. The molecule has 3 N–H and O–H groups in total. The van der Waals surface area contributed by atoms with E-state index < -0.39 is 6.03 Å². The summed E-state index contributed by atoms with van der Waals surface area (Å²) in [7, 11) is 0. The zero-order chi connectivity index (χ0) is 19.2. The molecule has 1 aliphatic rings. The molecule has 3 amide bonds. The Hall–Kier alpha value is -2.34. The van der Waals surface area contributed by atoms with Crippen LogP contribution in [0.2, 0.25) is 0 Å². The number of thiophene rings is 1. The van der Waals surface area contributed by atoms with Gasteiger partial charge in [0.2, 0.25) is 5.91 Å². The van der Waals surface area contributed by atoms with Gasteiger partial charge in [-0.05, 0) is 48.3 Å². The first-order valence-corrected chi connectivity index (χ1v) is 10.4. The number of nitrogens with one attached hydrogen (secondary N) is 1. The zero-order valence-electron chi connectivity index (χ0n) is 15.7. The maximum atomic E-state index is 13.2. The number of carbonyl (C=O) groups excluding carboxylic acids is 2. The molecule has 1 aromatic carbocycles. The zero-order valence-corrected chi connectivity index (χ0v) is 16.5. The number of carbonyl (C=O) groups is 2. The van der Waals surface area contributed by atoms with Gasteiger partial charge >= 0.3 is 6.03 Å². The second kappa shape index (κ2) is 9.04. The van der Waals surface area contributed by atoms with Crippen molar-refractivity contribution in [2.45, 2.75) is 51.1 Å². The SMILES string of the molecule is CCCN(C(=O)CC(NC(N)=O)c1cccs1)C1CCc2ccccc2C1. The summed E-state index contributed by atoms with van der Waals surface area (Å²) in [6.45, 7) is 2.83. The molecule has 2 unspecified atom stereocenters. The van der Waals surface area contributed by atoms with Crippen molar-refractivity contribution >= 4 is 23.3 Å². The molecule has 0 fully saturated rings. The van der Waals surface area contributed by atoms with Crippen LogP contribution in [0.5, 0.6) is 0 Å². The van der Waals surface area contributed by atoms with Crippen LogP contribution in [0.3, 0.4) is 0 Å². The third-order valence-electron chi connectivity index (χ3n) is 5.13. The Morgan fingerprint density at radius 3 is 2.70 bits per heavy atom. The number of hydrogen-bond donors (Lipinski definition) is 2. The normalized spacial score (nSPS) is 17.0. The van der Waals surface area contributed by atoms with E-state index in [2.05, 4.69) is 36.5 Å². The third-order valence-corrected chi connectivity index (χ3v) is 6.11. The topological polar surface area (TPSA) is 75.4 Å². The van der Waals surface area contributed by atoms with Gasteiger partial charge in [-0.25, -0.2) is 4.79 Å². The molecule has 1 aromatic heterocycles. The van der Waals surface area contributed by atoms with E-state index in [1.807, 2.05) is 22.4 Å². The number of nitrogens with two attached hydrogens (primary N) is 1. The van der Waals surface area contributed by atoms with Gasteiger partial charge in [0.05, 0.1) is 12.5 Å². The largest absolute Gasteiger partial charge is 0.352 e. The molecule has 1 heterocycles. The first-order valence-electron chi connectivity index (χ1n) is 9.54. The van der Waals surface area contributed by atoms with E-state index in [1.165, 1.54) is 22.5 Å². The molecule has 0 saturated heterocycles. The number of aryl methyl sites for hydroxylation is 1. The van der Waals surface area contributed by atoms with Crippen LogP contribution in [-0.4, -0.2) is 29.4 Å². The number of primary amides is 1. The Morgan fingerprint density at radius 2 is 2.04 bits per heavy atom. The molecule has 0 spiro atoms. The highest BCUT2D eigenvalue weighted by Gasteiger charge is 2.29. The standard InChI is InChI=1S/C21H27N3O2S/c1-2-11-24(17-10-9-15-6-3-4-7-16(15)13-17)20(25)14-18(23-21(22)26)19-8-5-12-27-19/h3-8,12,17-18H,2,9-11,13-14H2,1H3,(H3,22,23,26). The van der Waals surface area contributed by atoms with Crippen LogP contribution in [0.4, 0.5) is 4.79 Å². The Bertz CT molecular complexity index is 775. The van der Waals surface area contributed by atoms with Crippen LogP contribution >= 0.6 is 11.3 Å². The number of nitrogens with zero attached hydrogens (tertiary/aromatic N) is 1. The van der Waals surface area contributed by atoms with Crippen molar-refractivity contribution in [3.05, 3.63) is 57.8 Å². The minimum atomic E-state index is -0.602. The number of rotatable bonds is 7. The van der Waals surface area contributed by atoms with E-state index in [1.54, 1.807) is 0 Å². The summed E-state index contributed by atoms with van der Waals surface area (Å²) in [5.74, 6) is 0.0772. The van der Waals surface area contributed by atoms with E-state index in [0.717, 1.165) is 37.1 Å². The van der Waals surface area contributed by atoms with Crippen LogP contribution in [0.1, 0.15) is 48.2 Å².